The Morgan fingerprint density at radius 2 is 1.13 bits per heavy atom. The third-order valence-electron chi connectivity index (χ3n) is 10.1. The molecular formula is C36H36O17. The summed E-state index contributed by atoms with van der Waals surface area (Å²) in [6.45, 7) is -0.837. The van der Waals surface area contributed by atoms with E-state index < -0.39 is 119 Å². The molecule has 53 heavy (non-hydrogen) atoms. The topological polar surface area (TPSA) is 311 Å². The minimum absolute atomic E-state index is 0.0453. The number of fused-ring (bicyclic) bond motifs is 2. The summed E-state index contributed by atoms with van der Waals surface area (Å²) in [7, 11) is 0. The van der Waals surface area contributed by atoms with Crippen molar-refractivity contribution >= 4 is 0 Å². The molecule has 0 aromatic heterocycles. The normalized spacial score (nSPS) is 29.4. The minimum atomic E-state index is -1.98. The van der Waals surface area contributed by atoms with Crippen molar-refractivity contribution in [3.63, 3.8) is 0 Å². The summed E-state index contributed by atoms with van der Waals surface area (Å²) >= 11 is 0. The van der Waals surface area contributed by atoms with Crippen LogP contribution in [-0.2, 0) is 11.2 Å². The number of phenolic OH excluding ortho intramolecular Hbond substituents is 8. The maximum Gasteiger partial charge on any atom is 0.157 e. The van der Waals surface area contributed by atoms with Crippen molar-refractivity contribution in [3.05, 3.63) is 81.9 Å². The molecule has 14 N–H and O–H groups in total. The molecule has 0 aliphatic carbocycles. The maximum absolute atomic E-state index is 12.2. The number of ether oxygens (including phenoxy) is 3. The zero-order valence-electron chi connectivity index (χ0n) is 27.3. The number of rotatable bonds is 5. The van der Waals surface area contributed by atoms with Crippen LogP contribution in [0.5, 0.6) is 57.5 Å². The Morgan fingerprint density at radius 3 is 1.74 bits per heavy atom. The average Bonchev–Trinajstić information content (AvgIpc) is 3.11. The first-order chi connectivity index (χ1) is 25.1. The lowest BCUT2D eigenvalue weighted by Crippen LogP contribution is -2.55. The Morgan fingerprint density at radius 1 is 0.528 bits per heavy atom. The Labute approximate surface area is 298 Å². The van der Waals surface area contributed by atoms with Crippen LogP contribution in [0.4, 0.5) is 0 Å². The van der Waals surface area contributed by atoms with Gasteiger partial charge in [-0.25, -0.2) is 0 Å². The molecule has 0 unspecified atom stereocenters. The van der Waals surface area contributed by atoms with Crippen LogP contribution in [0.1, 0.15) is 57.6 Å². The average molecular weight is 741 g/mol. The van der Waals surface area contributed by atoms with Crippen LogP contribution < -0.4 is 9.47 Å². The van der Waals surface area contributed by atoms with E-state index >= 15 is 0 Å². The van der Waals surface area contributed by atoms with Gasteiger partial charge >= 0.3 is 0 Å². The first-order valence-electron chi connectivity index (χ1n) is 16.3. The molecule has 3 heterocycles. The zero-order chi connectivity index (χ0) is 38.2. The van der Waals surface area contributed by atoms with Gasteiger partial charge in [0, 0.05) is 35.2 Å². The molecule has 4 aromatic rings. The predicted molar refractivity (Wildman–Crippen MR) is 176 cm³/mol. The second-order valence-corrected chi connectivity index (χ2v) is 13.3. The summed E-state index contributed by atoms with van der Waals surface area (Å²) in [5, 5.41) is 151. The third kappa shape index (κ3) is 5.78. The van der Waals surface area contributed by atoms with E-state index in [1.165, 1.54) is 12.1 Å². The van der Waals surface area contributed by atoms with Crippen molar-refractivity contribution in [2.24, 2.45) is 0 Å². The van der Waals surface area contributed by atoms with Crippen molar-refractivity contribution in [3.8, 4) is 57.5 Å². The molecule has 0 amide bonds. The second-order valence-electron chi connectivity index (χ2n) is 13.3. The Kier molecular flexibility index (Phi) is 8.98. The summed E-state index contributed by atoms with van der Waals surface area (Å²) in [6.07, 6.45) is -15.2. The van der Waals surface area contributed by atoms with Gasteiger partial charge in [0.15, 0.2) is 29.1 Å². The van der Waals surface area contributed by atoms with E-state index in [1.807, 2.05) is 0 Å². The van der Waals surface area contributed by atoms with Gasteiger partial charge in [0.25, 0.3) is 0 Å². The zero-order valence-corrected chi connectivity index (χ0v) is 27.3. The molecule has 0 spiro atoms. The highest BCUT2D eigenvalue weighted by Gasteiger charge is 2.50. The monoisotopic (exact) mass is 740 g/mol. The van der Waals surface area contributed by atoms with Gasteiger partial charge in [-0.2, -0.15) is 0 Å². The number of aliphatic hydroxyl groups is 6. The SMILES string of the molecule is OC[C@H]1O[C@H](c2c(O)cc3c(c2O)[C@H](c2c(O)cc(O)c4c2O[C@@H](c2ccc(O)c(O)c2)[C@H](O)C4)[C@H](O)[C@@H](c2ccc(O)c(O)c2)O3)[C@H](O)[C@H](O)[C@H]1O. The molecule has 0 radical (unpaired) electrons. The molecule has 7 rings (SSSR count). The maximum atomic E-state index is 12.2. The first-order valence-corrected chi connectivity index (χ1v) is 16.3. The number of benzene rings is 4. The van der Waals surface area contributed by atoms with E-state index in [0.717, 1.165) is 36.4 Å². The molecule has 17 heteroatoms. The van der Waals surface area contributed by atoms with Crippen LogP contribution in [0.3, 0.4) is 0 Å². The van der Waals surface area contributed by atoms with Gasteiger partial charge < -0.3 is 85.7 Å². The molecular weight excluding hydrogens is 704 g/mol. The van der Waals surface area contributed by atoms with Crippen molar-refractivity contribution in [1.29, 1.82) is 0 Å². The summed E-state index contributed by atoms with van der Waals surface area (Å²) in [5.74, 6) is -7.22. The highest BCUT2D eigenvalue weighted by molar-refractivity contribution is 5.68. The number of phenols is 8. The molecule has 10 atom stereocenters. The highest BCUT2D eigenvalue weighted by Crippen LogP contribution is 2.59. The molecule has 3 aliphatic heterocycles. The van der Waals surface area contributed by atoms with Gasteiger partial charge in [0.1, 0.15) is 77.2 Å². The molecule has 4 aromatic carbocycles. The Balaban J connectivity index is 1.46. The highest BCUT2D eigenvalue weighted by atomic mass is 16.5. The third-order valence-corrected chi connectivity index (χ3v) is 10.1. The molecule has 282 valence electrons. The van der Waals surface area contributed by atoms with E-state index in [0.29, 0.717) is 0 Å². The summed E-state index contributed by atoms with van der Waals surface area (Å²) < 4.78 is 17.9. The molecule has 1 fully saturated rings. The fraction of sp³-hybridized carbons (Fsp3) is 0.333. The lowest BCUT2D eigenvalue weighted by Gasteiger charge is -2.42. The number of aliphatic hydroxyl groups excluding tert-OH is 6. The first kappa shape index (κ1) is 36.0. The van der Waals surface area contributed by atoms with Crippen molar-refractivity contribution < 1.29 is 85.7 Å². The van der Waals surface area contributed by atoms with Gasteiger partial charge in [0.05, 0.1) is 24.2 Å². The van der Waals surface area contributed by atoms with Gasteiger partial charge in [-0.3, -0.25) is 0 Å². The van der Waals surface area contributed by atoms with Crippen LogP contribution in [0.15, 0.2) is 48.5 Å². The van der Waals surface area contributed by atoms with Gasteiger partial charge in [-0.1, -0.05) is 12.1 Å². The van der Waals surface area contributed by atoms with E-state index in [1.54, 1.807) is 0 Å². The van der Waals surface area contributed by atoms with E-state index in [4.69, 9.17) is 14.2 Å². The molecule has 17 nitrogen and oxygen atoms in total. The van der Waals surface area contributed by atoms with Gasteiger partial charge in [-0.05, 0) is 35.4 Å². The van der Waals surface area contributed by atoms with Crippen LogP contribution in [0.2, 0.25) is 0 Å². The largest absolute Gasteiger partial charge is 0.507 e. The van der Waals surface area contributed by atoms with Gasteiger partial charge in [-0.15, -0.1) is 0 Å². The molecule has 0 bridgehead atoms. The molecule has 3 aliphatic rings. The lowest BCUT2D eigenvalue weighted by molar-refractivity contribution is -0.232. The van der Waals surface area contributed by atoms with Crippen LogP contribution in [0, 0.1) is 0 Å². The van der Waals surface area contributed by atoms with Crippen molar-refractivity contribution in [1.82, 2.24) is 0 Å². The van der Waals surface area contributed by atoms with Crippen molar-refractivity contribution in [2.75, 3.05) is 6.61 Å². The minimum Gasteiger partial charge on any atom is -0.507 e. The van der Waals surface area contributed by atoms with E-state index in [-0.39, 0.29) is 45.7 Å². The summed E-state index contributed by atoms with van der Waals surface area (Å²) in [4.78, 5) is 0. The van der Waals surface area contributed by atoms with Crippen LogP contribution in [0.25, 0.3) is 0 Å². The molecule has 1 saturated heterocycles. The second kappa shape index (κ2) is 13.2. The Bertz CT molecular complexity index is 2070. The quantitative estimate of drug-likeness (QED) is 0.124. The fourth-order valence-corrected chi connectivity index (χ4v) is 7.38. The standard InChI is InChI=1S/C36H36O17/c37-10-23-28(46)31(49)32(50)36(52-23)25-20(44)9-22-26(29(25)47)27(30(48)34(51-22)12-2-4-15(39)18(42)6-12)24-19(43)8-16(40)13-7-21(45)33(53-35(13)24)11-1-3-14(38)17(41)5-11/h1-6,8-9,21,23,27-28,30-34,36-50H,7,10H2/t21-,23-,27+,28+,30+,31-,32-,33+,34-,36-/m1/s1. The summed E-state index contributed by atoms with van der Waals surface area (Å²) in [6, 6.07) is 9.03. The lowest BCUT2D eigenvalue weighted by atomic mass is 9.76. The van der Waals surface area contributed by atoms with E-state index in [9.17, 15) is 71.5 Å². The van der Waals surface area contributed by atoms with Crippen LogP contribution in [-0.4, -0.2) is 115 Å². The molecule has 0 saturated carbocycles. The fourth-order valence-electron chi connectivity index (χ4n) is 7.38. The van der Waals surface area contributed by atoms with Gasteiger partial charge in [0.2, 0.25) is 0 Å². The van der Waals surface area contributed by atoms with Crippen molar-refractivity contribution in [2.45, 2.75) is 67.3 Å². The van der Waals surface area contributed by atoms with E-state index in [2.05, 4.69) is 0 Å². The smallest absolute Gasteiger partial charge is 0.157 e. The predicted octanol–water partition coefficient (Wildman–Crippen LogP) is 0.510. The van der Waals surface area contributed by atoms with Crippen LogP contribution >= 0.6 is 0 Å². The Hall–Kier alpha value is -5.40. The number of aromatic hydroxyl groups is 8. The number of hydrogen-bond donors (Lipinski definition) is 14. The number of hydrogen-bond acceptors (Lipinski definition) is 17. The summed E-state index contributed by atoms with van der Waals surface area (Å²) in [5.41, 5.74) is -1.02.